The third-order valence-corrected chi connectivity index (χ3v) is 4.95. The molecule has 2 aromatic rings. The van der Waals surface area contributed by atoms with Crippen LogP contribution in [0.25, 0.3) is 6.08 Å². The fraction of sp³-hybridized carbons (Fsp3) is 0.364. The number of amides is 1. The first-order valence-corrected chi connectivity index (χ1v) is 9.63. The van der Waals surface area contributed by atoms with E-state index in [9.17, 15) is 4.79 Å². The summed E-state index contributed by atoms with van der Waals surface area (Å²) in [5.74, 6) is 0.634. The van der Waals surface area contributed by atoms with Crippen LogP contribution in [0.3, 0.4) is 0 Å². The van der Waals surface area contributed by atoms with Crippen LogP contribution < -0.4 is 4.90 Å². The average Bonchev–Trinajstić information content (AvgIpc) is 2.73. The van der Waals surface area contributed by atoms with Crippen LogP contribution in [0.5, 0.6) is 0 Å². The number of fused-ring (bicyclic) bond motifs is 1. The minimum absolute atomic E-state index is 0.0149. The van der Waals surface area contributed by atoms with Gasteiger partial charge in [0.05, 0.1) is 0 Å². The van der Waals surface area contributed by atoms with Gasteiger partial charge in [0.15, 0.2) is 0 Å². The SMILES string of the molecule is CN(CC1Cc2ccccc2CN1C)C(=O)/C=C/c1cnc(N(C)C)nc1.O=CO. The van der Waals surface area contributed by atoms with Gasteiger partial charge in [-0.15, -0.1) is 0 Å². The van der Waals surface area contributed by atoms with Gasteiger partial charge in [0, 0.05) is 64.3 Å². The molecule has 1 atom stereocenters. The number of benzene rings is 1. The summed E-state index contributed by atoms with van der Waals surface area (Å²) in [7, 11) is 7.76. The van der Waals surface area contributed by atoms with Crippen LogP contribution in [0.15, 0.2) is 42.7 Å². The van der Waals surface area contributed by atoms with Gasteiger partial charge < -0.3 is 14.9 Å². The Morgan fingerprint density at radius 3 is 2.40 bits per heavy atom. The van der Waals surface area contributed by atoms with Crippen molar-refractivity contribution in [3.63, 3.8) is 0 Å². The van der Waals surface area contributed by atoms with Crippen LogP contribution in [0.1, 0.15) is 16.7 Å². The van der Waals surface area contributed by atoms with Gasteiger partial charge in [0.2, 0.25) is 11.9 Å². The number of likely N-dealkylation sites (N-methyl/N-ethyl adjacent to an activating group) is 2. The van der Waals surface area contributed by atoms with Gasteiger partial charge in [0.25, 0.3) is 6.47 Å². The Morgan fingerprint density at radius 1 is 1.20 bits per heavy atom. The molecule has 1 amide bonds. The Morgan fingerprint density at radius 2 is 1.80 bits per heavy atom. The molecule has 1 aromatic carbocycles. The second kappa shape index (κ2) is 11.1. The van der Waals surface area contributed by atoms with Crippen LogP contribution in [-0.2, 0) is 22.6 Å². The van der Waals surface area contributed by atoms with E-state index >= 15 is 0 Å². The maximum absolute atomic E-state index is 12.5. The zero-order valence-corrected chi connectivity index (χ0v) is 17.9. The molecular formula is C22H29N5O3. The first-order valence-electron chi connectivity index (χ1n) is 9.63. The molecule has 3 rings (SSSR count). The van der Waals surface area contributed by atoms with Crippen LogP contribution in [0.2, 0.25) is 0 Å². The Labute approximate surface area is 177 Å². The number of hydrogen-bond acceptors (Lipinski definition) is 6. The first kappa shape index (κ1) is 23.0. The number of hydrogen-bond donors (Lipinski definition) is 1. The van der Waals surface area contributed by atoms with Gasteiger partial charge in [0.1, 0.15) is 0 Å². The maximum Gasteiger partial charge on any atom is 0.290 e. The summed E-state index contributed by atoms with van der Waals surface area (Å²) < 4.78 is 0. The van der Waals surface area contributed by atoms with Crippen molar-refractivity contribution in [2.45, 2.75) is 19.0 Å². The highest BCUT2D eigenvalue weighted by molar-refractivity contribution is 5.91. The van der Waals surface area contributed by atoms with Crippen LogP contribution in [-0.4, -0.2) is 78.0 Å². The monoisotopic (exact) mass is 411 g/mol. The topological polar surface area (TPSA) is 89.9 Å². The molecule has 1 aliphatic rings. The second-order valence-corrected chi connectivity index (χ2v) is 7.41. The number of carbonyl (C=O) groups excluding carboxylic acids is 1. The summed E-state index contributed by atoms with van der Waals surface area (Å²) in [5, 5.41) is 6.89. The molecular weight excluding hydrogens is 382 g/mol. The van der Waals surface area contributed by atoms with Gasteiger partial charge in [-0.2, -0.15) is 0 Å². The molecule has 0 aliphatic carbocycles. The van der Waals surface area contributed by atoms with E-state index < -0.39 is 0 Å². The second-order valence-electron chi connectivity index (χ2n) is 7.41. The van der Waals surface area contributed by atoms with Gasteiger partial charge in [-0.25, -0.2) is 9.97 Å². The standard InChI is InChI=1S/C21H27N5O.CH2O2/c1-24(2)21-22-12-16(13-23-21)9-10-20(27)26(4)15-19-11-17-7-5-6-8-18(17)14-25(19)3;2-1-3/h5-10,12-13,19H,11,14-15H2,1-4H3;1H,(H,2,3)/b10-9+;. The van der Waals surface area contributed by atoms with E-state index in [1.54, 1.807) is 29.4 Å². The number of anilines is 1. The summed E-state index contributed by atoms with van der Waals surface area (Å²) in [6.07, 6.45) is 7.76. The molecule has 8 nitrogen and oxygen atoms in total. The molecule has 30 heavy (non-hydrogen) atoms. The highest BCUT2D eigenvalue weighted by atomic mass is 16.3. The normalized spacial score (nSPS) is 15.7. The summed E-state index contributed by atoms with van der Waals surface area (Å²) in [5.41, 5.74) is 3.58. The van der Waals surface area contributed by atoms with E-state index in [0.29, 0.717) is 18.5 Å². The Bertz CT molecular complexity index is 867. The minimum atomic E-state index is -0.250. The molecule has 2 heterocycles. The molecule has 0 spiro atoms. The summed E-state index contributed by atoms with van der Waals surface area (Å²) in [6.45, 7) is 1.37. The van der Waals surface area contributed by atoms with Crippen molar-refractivity contribution in [2.75, 3.05) is 39.6 Å². The Balaban J connectivity index is 0.00000101. The third kappa shape index (κ3) is 6.38. The van der Waals surface area contributed by atoms with E-state index in [-0.39, 0.29) is 12.4 Å². The molecule has 1 unspecified atom stereocenters. The molecule has 0 saturated heterocycles. The number of carboxylic acid groups (broad SMARTS) is 1. The molecule has 1 aliphatic heterocycles. The van der Waals surface area contributed by atoms with Crippen molar-refractivity contribution >= 4 is 24.4 Å². The van der Waals surface area contributed by atoms with Crippen molar-refractivity contribution in [3.05, 3.63) is 59.4 Å². The average molecular weight is 412 g/mol. The van der Waals surface area contributed by atoms with Crippen molar-refractivity contribution in [1.82, 2.24) is 19.8 Å². The van der Waals surface area contributed by atoms with Gasteiger partial charge in [-0.3, -0.25) is 14.5 Å². The van der Waals surface area contributed by atoms with Crippen LogP contribution >= 0.6 is 0 Å². The van der Waals surface area contributed by atoms with E-state index in [1.165, 1.54) is 11.1 Å². The van der Waals surface area contributed by atoms with Gasteiger partial charge in [-0.05, 0) is 30.7 Å². The van der Waals surface area contributed by atoms with Crippen molar-refractivity contribution in [1.29, 1.82) is 0 Å². The Hall–Kier alpha value is -3.26. The van der Waals surface area contributed by atoms with Crippen molar-refractivity contribution in [3.8, 4) is 0 Å². The maximum atomic E-state index is 12.5. The smallest absolute Gasteiger partial charge is 0.290 e. The molecule has 0 radical (unpaired) electrons. The molecule has 1 N–H and O–H groups in total. The molecule has 8 heteroatoms. The zero-order chi connectivity index (χ0) is 22.1. The molecule has 0 fully saturated rings. The van der Waals surface area contributed by atoms with Crippen LogP contribution in [0, 0.1) is 0 Å². The Kier molecular flexibility index (Phi) is 8.49. The van der Waals surface area contributed by atoms with Crippen LogP contribution in [0.4, 0.5) is 5.95 Å². The molecule has 0 bridgehead atoms. The number of rotatable bonds is 5. The van der Waals surface area contributed by atoms with E-state index in [4.69, 9.17) is 9.90 Å². The number of carbonyl (C=O) groups is 2. The molecule has 160 valence electrons. The molecule has 1 aromatic heterocycles. The number of aromatic nitrogens is 2. The lowest BCUT2D eigenvalue weighted by molar-refractivity contribution is -0.125. The predicted molar refractivity (Wildman–Crippen MR) is 117 cm³/mol. The summed E-state index contributed by atoms with van der Waals surface area (Å²) >= 11 is 0. The largest absolute Gasteiger partial charge is 0.483 e. The molecule has 0 saturated carbocycles. The lowest BCUT2D eigenvalue weighted by Gasteiger charge is -2.36. The summed E-state index contributed by atoms with van der Waals surface area (Å²) in [6, 6.07) is 8.87. The van der Waals surface area contributed by atoms with E-state index in [2.05, 4.69) is 46.2 Å². The van der Waals surface area contributed by atoms with Crippen molar-refractivity contribution in [2.24, 2.45) is 0 Å². The minimum Gasteiger partial charge on any atom is -0.483 e. The van der Waals surface area contributed by atoms with E-state index in [0.717, 1.165) is 18.5 Å². The van der Waals surface area contributed by atoms with E-state index in [1.807, 2.05) is 26.0 Å². The fourth-order valence-electron chi connectivity index (χ4n) is 3.27. The van der Waals surface area contributed by atoms with Crippen molar-refractivity contribution < 1.29 is 14.7 Å². The third-order valence-electron chi connectivity index (χ3n) is 4.95. The highest BCUT2D eigenvalue weighted by Gasteiger charge is 2.24. The predicted octanol–water partition coefficient (Wildman–Crippen LogP) is 1.77. The van der Waals surface area contributed by atoms with Gasteiger partial charge in [-0.1, -0.05) is 24.3 Å². The fourth-order valence-corrected chi connectivity index (χ4v) is 3.27. The zero-order valence-electron chi connectivity index (χ0n) is 17.9. The van der Waals surface area contributed by atoms with Gasteiger partial charge >= 0.3 is 0 Å². The quantitative estimate of drug-likeness (QED) is 0.592. The lowest BCUT2D eigenvalue weighted by Crippen LogP contribution is -2.45. The highest BCUT2D eigenvalue weighted by Crippen LogP contribution is 2.22. The summed E-state index contributed by atoms with van der Waals surface area (Å²) in [4.78, 5) is 35.3. The first-order chi connectivity index (χ1) is 14.3. The number of nitrogens with zero attached hydrogens (tertiary/aromatic N) is 5. The lowest BCUT2D eigenvalue weighted by atomic mass is 9.94.